The predicted octanol–water partition coefficient (Wildman–Crippen LogP) is 8.08. The topological polar surface area (TPSA) is 49.8 Å². The Kier molecular flexibility index (Phi) is 6.99. The summed E-state index contributed by atoms with van der Waals surface area (Å²) >= 11 is 0. The minimum Gasteiger partial charge on any atom is -0.384 e. The van der Waals surface area contributed by atoms with Gasteiger partial charge in [-0.15, -0.1) is 0 Å². The summed E-state index contributed by atoms with van der Waals surface area (Å²) in [6.07, 6.45) is 11.9. The summed E-state index contributed by atoms with van der Waals surface area (Å²) in [6, 6.07) is 9.20. The van der Waals surface area contributed by atoms with Gasteiger partial charge in [-0.25, -0.2) is 0 Å². The highest BCUT2D eigenvalue weighted by Gasteiger charge is 2.20. The average molecular weight is 507 g/mol. The Morgan fingerprint density at radius 2 is 1.00 bits per heavy atom. The fourth-order valence-corrected chi connectivity index (χ4v) is 6.84. The van der Waals surface area contributed by atoms with Crippen molar-refractivity contribution < 1.29 is 0 Å². The van der Waals surface area contributed by atoms with Crippen LogP contribution >= 0.6 is 0 Å². The van der Waals surface area contributed by atoms with E-state index >= 15 is 0 Å². The van der Waals surface area contributed by atoms with E-state index < -0.39 is 0 Å². The number of benzene rings is 2. The summed E-state index contributed by atoms with van der Waals surface area (Å²) in [5, 5.41) is 10.4. The molecule has 0 aliphatic heterocycles. The summed E-state index contributed by atoms with van der Waals surface area (Å²) in [7, 11) is 0. The van der Waals surface area contributed by atoms with Gasteiger partial charge >= 0.3 is 0 Å². The molecular weight excluding hydrogens is 464 g/mol. The summed E-state index contributed by atoms with van der Waals surface area (Å²) in [6.45, 7) is 10.8. The molecule has 38 heavy (non-hydrogen) atoms. The Balaban J connectivity index is 1.17. The van der Waals surface area contributed by atoms with Gasteiger partial charge in [0.1, 0.15) is 0 Å². The first-order chi connectivity index (χ1) is 18.5. The number of nitrogens with one attached hydrogen (secondary N) is 2. The third-order valence-corrected chi connectivity index (χ3v) is 8.61. The summed E-state index contributed by atoms with van der Waals surface area (Å²) in [5.41, 5.74) is 15.9. The fraction of sp³-hybridized carbons (Fsp3) is 0.471. The number of nitrogens with zero attached hydrogens (tertiary/aromatic N) is 2. The van der Waals surface area contributed by atoms with Gasteiger partial charge in [0, 0.05) is 46.6 Å². The van der Waals surface area contributed by atoms with E-state index in [2.05, 4.69) is 62.6 Å². The van der Waals surface area contributed by atoms with E-state index in [1.807, 2.05) is 0 Å². The molecule has 0 fully saturated rings. The number of rotatable bonds is 7. The van der Waals surface area contributed by atoms with E-state index in [1.54, 1.807) is 0 Å². The Hall–Kier alpha value is -3.14. The Labute approximate surface area is 227 Å². The number of pyridine rings is 2. The maximum atomic E-state index is 5.13. The van der Waals surface area contributed by atoms with Crippen LogP contribution in [-0.4, -0.2) is 23.1 Å². The second-order valence-corrected chi connectivity index (χ2v) is 11.8. The van der Waals surface area contributed by atoms with Crippen LogP contribution in [0.5, 0.6) is 0 Å². The average Bonchev–Trinajstić information content (AvgIpc) is 2.90. The first kappa shape index (κ1) is 25.2. The maximum absolute atomic E-state index is 5.13. The largest absolute Gasteiger partial charge is 0.384 e. The quantitative estimate of drug-likeness (QED) is 0.249. The molecule has 0 radical (unpaired) electrons. The van der Waals surface area contributed by atoms with E-state index in [1.165, 1.54) is 104 Å². The van der Waals surface area contributed by atoms with Crippen molar-refractivity contribution in [2.75, 3.05) is 23.7 Å². The van der Waals surface area contributed by atoms with Gasteiger partial charge in [-0.05, 0) is 126 Å². The van der Waals surface area contributed by atoms with Crippen LogP contribution in [0.1, 0.15) is 83.3 Å². The van der Waals surface area contributed by atoms with E-state index in [9.17, 15) is 0 Å². The number of fused-ring (bicyclic) bond motifs is 4. The molecule has 4 aromatic rings. The normalized spacial score (nSPS) is 14.9. The molecule has 2 aromatic heterocycles. The lowest BCUT2D eigenvalue weighted by atomic mass is 9.91. The molecule has 2 aliphatic carbocycles. The highest BCUT2D eigenvalue weighted by Crippen LogP contribution is 2.36. The molecule has 0 unspecified atom stereocenters. The molecule has 2 N–H and O–H groups in total. The molecule has 2 aliphatic rings. The van der Waals surface area contributed by atoms with E-state index in [0.717, 1.165) is 51.6 Å². The van der Waals surface area contributed by atoms with Gasteiger partial charge in [-0.3, -0.25) is 9.97 Å². The van der Waals surface area contributed by atoms with E-state index in [-0.39, 0.29) is 0 Å². The first-order valence-electron chi connectivity index (χ1n) is 14.8. The molecule has 0 spiro atoms. The number of unbranched alkanes of at least 4 members (excludes halogenated alkanes) is 1. The second-order valence-electron chi connectivity index (χ2n) is 11.8. The van der Waals surface area contributed by atoms with Crippen LogP contribution in [0.4, 0.5) is 11.4 Å². The minimum absolute atomic E-state index is 0.994. The van der Waals surface area contributed by atoms with Gasteiger partial charge in [-0.1, -0.05) is 23.3 Å². The molecule has 0 amide bonds. The van der Waals surface area contributed by atoms with Crippen molar-refractivity contribution in [3.8, 4) is 0 Å². The summed E-state index contributed by atoms with van der Waals surface area (Å²) in [5.74, 6) is 0. The zero-order chi connectivity index (χ0) is 26.2. The third kappa shape index (κ3) is 4.74. The monoisotopic (exact) mass is 506 g/mol. The maximum Gasteiger partial charge on any atom is 0.0755 e. The van der Waals surface area contributed by atoms with Crippen LogP contribution in [-0.2, 0) is 25.7 Å². The van der Waals surface area contributed by atoms with Crippen molar-refractivity contribution in [1.29, 1.82) is 0 Å². The zero-order valence-electron chi connectivity index (χ0n) is 23.7. The molecular formula is C34H42N4. The van der Waals surface area contributed by atoms with Crippen molar-refractivity contribution in [1.82, 2.24) is 9.97 Å². The Morgan fingerprint density at radius 1 is 0.579 bits per heavy atom. The lowest BCUT2D eigenvalue weighted by Crippen LogP contribution is -2.14. The molecule has 0 saturated carbocycles. The molecule has 0 saturated heterocycles. The zero-order valence-corrected chi connectivity index (χ0v) is 23.7. The van der Waals surface area contributed by atoms with Crippen molar-refractivity contribution >= 4 is 33.2 Å². The molecule has 2 heterocycles. The van der Waals surface area contributed by atoms with Crippen LogP contribution in [0.15, 0.2) is 24.3 Å². The Bertz CT molecular complexity index is 1400. The van der Waals surface area contributed by atoms with Crippen LogP contribution in [0.25, 0.3) is 21.8 Å². The van der Waals surface area contributed by atoms with Crippen molar-refractivity contribution in [3.63, 3.8) is 0 Å². The van der Waals surface area contributed by atoms with Gasteiger partial charge in [0.05, 0.1) is 11.0 Å². The van der Waals surface area contributed by atoms with Gasteiger partial charge < -0.3 is 10.6 Å². The van der Waals surface area contributed by atoms with Crippen molar-refractivity contribution in [2.45, 2.75) is 91.9 Å². The van der Waals surface area contributed by atoms with Gasteiger partial charge in [0.2, 0.25) is 0 Å². The minimum atomic E-state index is 0.994. The van der Waals surface area contributed by atoms with Crippen LogP contribution in [0.3, 0.4) is 0 Å². The van der Waals surface area contributed by atoms with Gasteiger partial charge in [0.15, 0.2) is 0 Å². The van der Waals surface area contributed by atoms with Gasteiger partial charge in [0.25, 0.3) is 0 Å². The highest BCUT2D eigenvalue weighted by atomic mass is 14.9. The molecule has 0 bridgehead atoms. The predicted molar refractivity (Wildman–Crippen MR) is 162 cm³/mol. The Morgan fingerprint density at radius 3 is 1.45 bits per heavy atom. The SMILES string of the molecule is Cc1cc(C)c2nc3c(c(NCCCCNc4c5c(nc6c(C)cc(C)cc46)CCCC5)c2c1)CCCC3. The molecule has 2 aromatic carbocycles. The smallest absolute Gasteiger partial charge is 0.0755 e. The molecule has 0 atom stereocenters. The summed E-state index contributed by atoms with van der Waals surface area (Å²) < 4.78 is 0. The number of aryl methyl sites for hydroxylation is 6. The van der Waals surface area contributed by atoms with Crippen LogP contribution in [0, 0.1) is 27.7 Å². The lowest BCUT2D eigenvalue weighted by Gasteiger charge is -2.23. The number of aromatic nitrogens is 2. The molecule has 198 valence electrons. The third-order valence-electron chi connectivity index (χ3n) is 8.61. The van der Waals surface area contributed by atoms with Crippen molar-refractivity contribution in [3.05, 3.63) is 69.0 Å². The lowest BCUT2D eigenvalue weighted by molar-refractivity contribution is 0.670. The van der Waals surface area contributed by atoms with Crippen molar-refractivity contribution in [2.24, 2.45) is 0 Å². The standard InChI is InChI=1S/C34H42N4/c1-21-17-23(3)31-27(19-21)33(25-11-5-7-13-29(25)37-31)35-15-9-10-16-36-34-26-12-6-8-14-30(26)38-32-24(4)18-22(2)20-28(32)34/h17-20H,5-16H2,1-4H3,(H,35,37)(H,36,38). The number of anilines is 2. The number of hydrogen-bond donors (Lipinski definition) is 2. The first-order valence-corrected chi connectivity index (χ1v) is 14.8. The van der Waals surface area contributed by atoms with Gasteiger partial charge in [-0.2, -0.15) is 0 Å². The second kappa shape index (κ2) is 10.6. The molecule has 4 heteroatoms. The van der Waals surface area contributed by atoms with Crippen LogP contribution in [0.2, 0.25) is 0 Å². The molecule has 6 rings (SSSR count). The highest BCUT2D eigenvalue weighted by molar-refractivity contribution is 5.96. The van der Waals surface area contributed by atoms with E-state index in [0.29, 0.717) is 0 Å². The molecule has 4 nitrogen and oxygen atoms in total. The summed E-state index contributed by atoms with van der Waals surface area (Å²) in [4.78, 5) is 10.3. The van der Waals surface area contributed by atoms with E-state index in [4.69, 9.17) is 9.97 Å². The fourth-order valence-electron chi connectivity index (χ4n) is 6.84. The number of hydrogen-bond acceptors (Lipinski definition) is 4. The van der Waals surface area contributed by atoms with Crippen LogP contribution < -0.4 is 10.6 Å².